The van der Waals surface area contributed by atoms with E-state index >= 15 is 0 Å². The van der Waals surface area contributed by atoms with Crippen molar-refractivity contribution in [1.29, 1.82) is 0 Å². The van der Waals surface area contributed by atoms with Gasteiger partial charge in [-0.05, 0) is 13.8 Å². The van der Waals surface area contributed by atoms with E-state index in [1.54, 1.807) is 6.92 Å². The molecule has 1 amide bonds. The minimum atomic E-state index is -1.45. The van der Waals surface area contributed by atoms with Crippen molar-refractivity contribution in [3.8, 4) is 0 Å². The van der Waals surface area contributed by atoms with E-state index in [2.05, 4.69) is 5.32 Å². The number of carboxylic acids is 1. The summed E-state index contributed by atoms with van der Waals surface area (Å²) in [5.41, 5.74) is 0. The van der Waals surface area contributed by atoms with Crippen LogP contribution in [0.5, 0.6) is 0 Å². The van der Waals surface area contributed by atoms with Crippen LogP contribution >= 0.6 is 11.6 Å². The van der Waals surface area contributed by atoms with E-state index in [-0.39, 0.29) is 5.91 Å². The number of amides is 1. The predicted octanol–water partition coefficient (Wildman–Crippen LogP) is 0.593. The zero-order chi connectivity index (χ0) is 9.94. The zero-order valence-corrected chi connectivity index (χ0v) is 7.97. The quantitative estimate of drug-likeness (QED) is 0.645. The van der Waals surface area contributed by atoms with Crippen LogP contribution in [0.15, 0.2) is 0 Å². The lowest BCUT2D eigenvalue weighted by Gasteiger charge is -2.24. The number of rotatable bonds is 3. The molecule has 12 heavy (non-hydrogen) atoms. The van der Waals surface area contributed by atoms with Crippen LogP contribution < -0.4 is 5.32 Å². The monoisotopic (exact) mass is 193 g/mol. The van der Waals surface area contributed by atoms with Crippen molar-refractivity contribution in [2.45, 2.75) is 31.7 Å². The van der Waals surface area contributed by atoms with Crippen molar-refractivity contribution in [3.05, 3.63) is 0 Å². The molecule has 0 rings (SSSR count). The molecule has 0 saturated carbocycles. The van der Waals surface area contributed by atoms with Crippen LogP contribution in [0.1, 0.15) is 20.8 Å². The van der Waals surface area contributed by atoms with Gasteiger partial charge in [0.15, 0.2) is 4.87 Å². The largest absolute Gasteiger partial charge is 0.480 e. The minimum Gasteiger partial charge on any atom is -0.480 e. The van der Waals surface area contributed by atoms with Gasteiger partial charge in [0.1, 0.15) is 0 Å². The molecule has 0 radical (unpaired) electrons. The fourth-order valence-corrected chi connectivity index (χ4v) is 0.680. The Hall–Kier alpha value is -0.770. The van der Waals surface area contributed by atoms with Crippen LogP contribution in [0.2, 0.25) is 0 Å². The smallest absolute Gasteiger partial charge is 0.326 e. The highest BCUT2D eigenvalue weighted by molar-refractivity contribution is 6.34. The number of halogens is 1. The van der Waals surface area contributed by atoms with E-state index in [0.29, 0.717) is 0 Å². The SMILES string of the molecule is CC(=O)NC(C)C(C)(Cl)C(=O)O. The molecule has 2 atom stereocenters. The highest BCUT2D eigenvalue weighted by Gasteiger charge is 2.37. The van der Waals surface area contributed by atoms with Crippen molar-refractivity contribution in [2.24, 2.45) is 0 Å². The van der Waals surface area contributed by atoms with Crippen molar-refractivity contribution >= 4 is 23.5 Å². The van der Waals surface area contributed by atoms with Crippen molar-refractivity contribution in [2.75, 3.05) is 0 Å². The first-order valence-corrected chi connectivity index (χ1v) is 3.85. The Balaban J connectivity index is 4.35. The van der Waals surface area contributed by atoms with Gasteiger partial charge in [0, 0.05) is 6.92 Å². The lowest BCUT2D eigenvalue weighted by Crippen LogP contribution is -2.49. The fourth-order valence-electron chi connectivity index (χ4n) is 0.626. The number of nitrogens with one attached hydrogen (secondary N) is 1. The van der Waals surface area contributed by atoms with Crippen molar-refractivity contribution < 1.29 is 14.7 Å². The summed E-state index contributed by atoms with van der Waals surface area (Å²) in [5, 5.41) is 11.1. The Bertz CT molecular complexity index is 203. The fraction of sp³-hybridized carbons (Fsp3) is 0.714. The van der Waals surface area contributed by atoms with Gasteiger partial charge in [-0.1, -0.05) is 0 Å². The Morgan fingerprint density at radius 2 is 2.00 bits per heavy atom. The lowest BCUT2D eigenvalue weighted by atomic mass is 10.0. The van der Waals surface area contributed by atoms with E-state index < -0.39 is 16.9 Å². The average Bonchev–Trinajstić information content (AvgIpc) is 1.85. The average molecular weight is 194 g/mol. The molecule has 0 aliphatic carbocycles. The molecule has 0 aliphatic heterocycles. The predicted molar refractivity (Wildman–Crippen MR) is 45.2 cm³/mol. The van der Waals surface area contributed by atoms with Gasteiger partial charge in [0.25, 0.3) is 0 Å². The summed E-state index contributed by atoms with van der Waals surface area (Å²) in [5.74, 6) is -1.44. The maximum absolute atomic E-state index is 10.6. The summed E-state index contributed by atoms with van der Waals surface area (Å²) in [7, 11) is 0. The molecule has 0 heterocycles. The summed E-state index contributed by atoms with van der Waals surface area (Å²) in [6, 6.07) is -0.603. The maximum atomic E-state index is 10.6. The number of hydrogen-bond acceptors (Lipinski definition) is 2. The topological polar surface area (TPSA) is 66.4 Å². The Morgan fingerprint density at radius 3 is 2.25 bits per heavy atom. The van der Waals surface area contributed by atoms with Crippen LogP contribution in [0, 0.1) is 0 Å². The molecule has 0 saturated heterocycles. The van der Waals surface area contributed by atoms with Gasteiger partial charge in [-0.2, -0.15) is 0 Å². The Kier molecular flexibility index (Phi) is 3.52. The van der Waals surface area contributed by atoms with E-state index in [4.69, 9.17) is 16.7 Å². The van der Waals surface area contributed by atoms with Gasteiger partial charge in [0.2, 0.25) is 5.91 Å². The van der Waals surface area contributed by atoms with Crippen LogP contribution in [0.3, 0.4) is 0 Å². The second-order valence-corrected chi connectivity index (χ2v) is 3.59. The van der Waals surface area contributed by atoms with Crippen LogP contribution in [0.25, 0.3) is 0 Å². The van der Waals surface area contributed by atoms with Crippen LogP contribution in [-0.2, 0) is 9.59 Å². The van der Waals surface area contributed by atoms with Crippen LogP contribution in [-0.4, -0.2) is 27.9 Å². The van der Waals surface area contributed by atoms with E-state index in [0.717, 1.165) is 0 Å². The molecule has 2 N–H and O–H groups in total. The molecule has 0 aromatic carbocycles. The van der Waals surface area contributed by atoms with Crippen LogP contribution in [0.4, 0.5) is 0 Å². The van der Waals surface area contributed by atoms with Gasteiger partial charge in [0.05, 0.1) is 6.04 Å². The van der Waals surface area contributed by atoms with Gasteiger partial charge in [-0.15, -0.1) is 11.6 Å². The van der Waals surface area contributed by atoms with Gasteiger partial charge in [-0.25, -0.2) is 0 Å². The number of alkyl halides is 1. The van der Waals surface area contributed by atoms with Gasteiger partial charge in [-0.3, -0.25) is 9.59 Å². The van der Waals surface area contributed by atoms with E-state index in [9.17, 15) is 9.59 Å². The highest BCUT2D eigenvalue weighted by atomic mass is 35.5. The molecule has 0 aromatic rings. The molecular weight excluding hydrogens is 182 g/mol. The Morgan fingerprint density at radius 1 is 1.58 bits per heavy atom. The van der Waals surface area contributed by atoms with Crippen molar-refractivity contribution in [1.82, 2.24) is 5.32 Å². The summed E-state index contributed by atoms with van der Waals surface area (Å²) >= 11 is 5.65. The summed E-state index contributed by atoms with van der Waals surface area (Å²) < 4.78 is 0. The molecular formula is C7H12ClNO3. The molecule has 0 bridgehead atoms. The second kappa shape index (κ2) is 3.76. The highest BCUT2D eigenvalue weighted by Crippen LogP contribution is 2.19. The lowest BCUT2D eigenvalue weighted by molar-refractivity contribution is -0.140. The number of carbonyl (C=O) groups excluding carboxylic acids is 1. The molecule has 2 unspecified atom stereocenters. The first-order chi connectivity index (χ1) is 5.28. The molecule has 0 spiro atoms. The summed E-state index contributed by atoms with van der Waals surface area (Å²) in [6.07, 6.45) is 0. The first-order valence-electron chi connectivity index (χ1n) is 3.48. The van der Waals surface area contributed by atoms with E-state index in [1.165, 1.54) is 13.8 Å². The molecule has 0 fully saturated rings. The first kappa shape index (κ1) is 11.2. The van der Waals surface area contributed by atoms with Crippen molar-refractivity contribution in [3.63, 3.8) is 0 Å². The normalized spacial score (nSPS) is 17.7. The third-order valence-corrected chi connectivity index (χ3v) is 2.14. The second-order valence-electron chi connectivity index (χ2n) is 2.80. The molecule has 0 aliphatic rings. The van der Waals surface area contributed by atoms with Gasteiger partial charge >= 0.3 is 5.97 Å². The van der Waals surface area contributed by atoms with E-state index in [1.807, 2.05) is 0 Å². The molecule has 5 heteroatoms. The number of carbonyl (C=O) groups is 2. The number of carboxylic acid groups (broad SMARTS) is 1. The standard InChI is InChI=1S/C7H12ClNO3/c1-4(9-5(2)10)7(3,8)6(11)12/h4H,1-3H3,(H,9,10)(H,11,12). The third kappa shape index (κ3) is 2.70. The number of hydrogen-bond donors (Lipinski definition) is 2. The molecule has 0 aromatic heterocycles. The minimum absolute atomic E-state index is 0.296. The zero-order valence-electron chi connectivity index (χ0n) is 7.22. The maximum Gasteiger partial charge on any atom is 0.326 e. The molecule has 70 valence electrons. The summed E-state index contributed by atoms with van der Waals surface area (Å²) in [6.45, 7) is 4.20. The molecule has 4 nitrogen and oxygen atoms in total. The third-order valence-electron chi connectivity index (χ3n) is 1.65. The summed E-state index contributed by atoms with van der Waals surface area (Å²) in [4.78, 5) is 19.7. The van der Waals surface area contributed by atoms with Gasteiger partial charge < -0.3 is 10.4 Å². The Labute approximate surface area is 75.9 Å². The number of aliphatic carboxylic acids is 1.